The van der Waals surface area contributed by atoms with Crippen LogP contribution >= 0.6 is 0 Å². The summed E-state index contributed by atoms with van der Waals surface area (Å²) in [5.41, 5.74) is 2.80. The number of anilines is 1. The molecule has 0 unspecified atom stereocenters. The Hall–Kier alpha value is -2.74. The highest BCUT2D eigenvalue weighted by Crippen LogP contribution is 2.19. The summed E-state index contributed by atoms with van der Waals surface area (Å²) in [5, 5.41) is 14.0. The van der Waals surface area contributed by atoms with E-state index >= 15 is 0 Å². The van der Waals surface area contributed by atoms with Crippen molar-refractivity contribution in [2.45, 2.75) is 6.92 Å². The SMILES string of the molecule is C[C@@H](C#N)CNC(=O)Nc1ccc(-c2ccc[nH]2)cc1. The molecule has 0 saturated heterocycles. The quantitative estimate of drug-likeness (QED) is 0.796. The molecule has 20 heavy (non-hydrogen) atoms. The Morgan fingerprint density at radius 2 is 2.10 bits per heavy atom. The molecule has 5 nitrogen and oxygen atoms in total. The van der Waals surface area contributed by atoms with Crippen LogP contribution in [0.15, 0.2) is 42.6 Å². The molecule has 0 aliphatic carbocycles. The standard InChI is InChI=1S/C15H16N4O/c1-11(9-16)10-18-15(20)19-13-6-4-12(5-7-13)14-3-2-8-17-14/h2-8,11,17H,10H2,1H3,(H2,18,19,20)/t11-/m0/s1. The molecular weight excluding hydrogens is 252 g/mol. The minimum Gasteiger partial charge on any atom is -0.361 e. The third-order valence-electron chi connectivity index (χ3n) is 2.84. The summed E-state index contributed by atoms with van der Waals surface area (Å²) in [4.78, 5) is 14.7. The largest absolute Gasteiger partial charge is 0.361 e. The number of H-pyrrole nitrogens is 1. The second kappa shape index (κ2) is 6.43. The molecule has 2 amide bonds. The van der Waals surface area contributed by atoms with Gasteiger partial charge >= 0.3 is 6.03 Å². The summed E-state index contributed by atoms with van der Waals surface area (Å²) < 4.78 is 0. The zero-order chi connectivity index (χ0) is 14.4. The van der Waals surface area contributed by atoms with E-state index in [1.165, 1.54) is 0 Å². The van der Waals surface area contributed by atoms with Crippen LogP contribution in [0.2, 0.25) is 0 Å². The van der Waals surface area contributed by atoms with E-state index in [0.717, 1.165) is 11.3 Å². The summed E-state index contributed by atoms with van der Waals surface area (Å²) in [7, 11) is 0. The second-order valence-corrected chi connectivity index (χ2v) is 4.53. The number of aromatic nitrogens is 1. The van der Waals surface area contributed by atoms with Gasteiger partial charge in [-0.3, -0.25) is 0 Å². The third kappa shape index (κ3) is 3.62. The van der Waals surface area contributed by atoms with Crippen molar-refractivity contribution < 1.29 is 4.79 Å². The molecule has 1 aromatic carbocycles. The number of benzene rings is 1. The number of rotatable bonds is 4. The van der Waals surface area contributed by atoms with Crippen molar-refractivity contribution in [3.8, 4) is 17.3 Å². The van der Waals surface area contributed by atoms with Crippen LogP contribution in [-0.4, -0.2) is 17.6 Å². The first-order chi connectivity index (χ1) is 9.69. The lowest BCUT2D eigenvalue weighted by Crippen LogP contribution is -2.31. The van der Waals surface area contributed by atoms with Crippen LogP contribution in [0.1, 0.15) is 6.92 Å². The number of carbonyl (C=O) groups excluding carboxylic acids is 1. The van der Waals surface area contributed by atoms with Crippen LogP contribution in [0.3, 0.4) is 0 Å². The molecule has 1 aromatic heterocycles. The van der Waals surface area contributed by atoms with Gasteiger partial charge in [0.15, 0.2) is 0 Å². The van der Waals surface area contributed by atoms with Crippen LogP contribution in [0.4, 0.5) is 10.5 Å². The summed E-state index contributed by atoms with van der Waals surface area (Å²) in [6.45, 7) is 2.09. The van der Waals surface area contributed by atoms with Gasteiger partial charge in [0.2, 0.25) is 0 Å². The normalized spacial score (nSPS) is 11.4. The van der Waals surface area contributed by atoms with Crippen molar-refractivity contribution in [3.63, 3.8) is 0 Å². The first kappa shape index (κ1) is 13.7. The van der Waals surface area contributed by atoms with Crippen molar-refractivity contribution in [2.75, 3.05) is 11.9 Å². The van der Waals surface area contributed by atoms with Crippen LogP contribution in [0, 0.1) is 17.2 Å². The van der Waals surface area contributed by atoms with Crippen molar-refractivity contribution >= 4 is 11.7 Å². The molecule has 0 fully saturated rings. The number of hydrogen-bond acceptors (Lipinski definition) is 2. The summed E-state index contributed by atoms with van der Waals surface area (Å²) in [6.07, 6.45) is 1.87. The van der Waals surface area contributed by atoms with Crippen LogP contribution in [-0.2, 0) is 0 Å². The predicted molar refractivity (Wildman–Crippen MR) is 78.0 cm³/mol. The highest BCUT2D eigenvalue weighted by Gasteiger charge is 2.05. The van der Waals surface area contributed by atoms with Crippen molar-refractivity contribution in [2.24, 2.45) is 5.92 Å². The van der Waals surface area contributed by atoms with Gasteiger partial charge in [-0.25, -0.2) is 4.79 Å². The minimum atomic E-state index is -0.306. The zero-order valence-corrected chi connectivity index (χ0v) is 11.2. The van der Waals surface area contributed by atoms with Gasteiger partial charge in [0.05, 0.1) is 12.0 Å². The van der Waals surface area contributed by atoms with Crippen LogP contribution < -0.4 is 10.6 Å². The number of urea groups is 1. The van der Waals surface area contributed by atoms with Gasteiger partial charge in [-0.1, -0.05) is 12.1 Å². The number of amides is 2. The van der Waals surface area contributed by atoms with Gasteiger partial charge in [0.1, 0.15) is 0 Å². The Morgan fingerprint density at radius 1 is 1.35 bits per heavy atom. The first-order valence-electron chi connectivity index (χ1n) is 6.37. The number of aromatic amines is 1. The molecule has 102 valence electrons. The van der Waals surface area contributed by atoms with Gasteiger partial charge < -0.3 is 15.6 Å². The second-order valence-electron chi connectivity index (χ2n) is 4.53. The van der Waals surface area contributed by atoms with Crippen molar-refractivity contribution in [1.82, 2.24) is 10.3 Å². The van der Waals surface area contributed by atoms with E-state index in [0.29, 0.717) is 12.2 Å². The smallest absolute Gasteiger partial charge is 0.319 e. The fourth-order valence-corrected chi connectivity index (χ4v) is 1.71. The number of nitrogens with zero attached hydrogens (tertiary/aromatic N) is 1. The maximum absolute atomic E-state index is 11.6. The number of nitrogens with one attached hydrogen (secondary N) is 3. The van der Waals surface area contributed by atoms with Gasteiger partial charge in [-0.15, -0.1) is 0 Å². The van der Waals surface area contributed by atoms with Gasteiger partial charge in [-0.2, -0.15) is 5.26 Å². The zero-order valence-electron chi connectivity index (χ0n) is 11.2. The fourth-order valence-electron chi connectivity index (χ4n) is 1.71. The average Bonchev–Trinajstić information content (AvgIpc) is 2.99. The molecule has 5 heteroatoms. The number of nitriles is 1. The monoisotopic (exact) mass is 268 g/mol. The Balaban J connectivity index is 1.91. The molecule has 1 heterocycles. The Bertz CT molecular complexity index is 596. The fraction of sp³-hybridized carbons (Fsp3) is 0.200. The van der Waals surface area contributed by atoms with E-state index in [-0.39, 0.29) is 11.9 Å². The van der Waals surface area contributed by atoms with E-state index in [1.807, 2.05) is 42.6 Å². The lowest BCUT2D eigenvalue weighted by Gasteiger charge is -2.08. The van der Waals surface area contributed by atoms with E-state index in [1.54, 1.807) is 6.92 Å². The van der Waals surface area contributed by atoms with Gasteiger partial charge in [0, 0.05) is 24.1 Å². The van der Waals surface area contributed by atoms with E-state index in [9.17, 15) is 4.79 Å². The van der Waals surface area contributed by atoms with E-state index in [2.05, 4.69) is 21.7 Å². The van der Waals surface area contributed by atoms with Crippen molar-refractivity contribution in [1.29, 1.82) is 5.26 Å². The first-order valence-corrected chi connectivity index (χ1v) is 6.37. The molecule has 0 radical (unpaired) electrons. The molecule has 2 aromatic rings. The number of carbonyl (C=O) groups is 1. The molecule has 2 rings (SSSR count). The summed E-state index contributed by atoms with van der Waals surface area (Å²) in [5.74, 6) is -0.198. The Morgan fingerprint density at radius 3 is 2.70 bits per heavy atom. The van der Waals surface area contributed by atoms with Gasteiger partial charge in [-0.05, 0) is 36.8 Å². The average molecular weight is 268 g/mol. The highest BCUT2D eigenvalue weighted by molar-refractivity contribution is 5.89. The Labute approximate surface area is 117 Å². The predicted octanol–water partition coefficient (Wildman–Crippen LogP) is 2.96. The van der Waals surface area contributed by atoms with Crippen LogP contribution in [0.25, 0.3) is 11.3 Å². The molecule has 1 atom stereocenters. The highest BCUT2D eigenvalue weighted by atomic mass is 16.2. The summed E-state index contributed by atoms with van der Waals surface area (Å²) in [6, 6.07) is 13.2. The minimum absolute atomic E-state index is 0.198. The lowest BCUT2D eigenvalue weighted by atomic mass is 10.1. The molecular formula is C15H16N4O. The molecule has 0 bridgehead atoms. The molecule has 0 aliphatic rings. The third-order valence-corrected chi connectivity index (χ3v) is 2.84. The topological polar surface area (TPSA) is 80.7 Å². The molecule has 0 spiro atoms. The maximum Gasteiger partial charge on any atom is 0.319 e. The Kier molecular flexibility index (Phi) is 4.40. The maximum atomic E-state index is 11.6. The summed E-state index contributed by atoms with van der Waals surface area (Å²) >= 11 is 0. The van der Waals surface area contributed by atoms with E-state index in [4.69, 9.17) is 5.26 Å². The number of hydrogen-bond donors (Lipinski definition) is 3. The molecule has 0 aliphatic heterocycles. The van der Waals surface area contributed by atoms with E-state index < -0.39 is 0 Å². The van der Waals surface area contributed by atoms with Crippen LogP contribution in [0.5, 0.6) is 0 Å². The van der Waals surface area contributed by atoms with Gasteiger partial charge in [0.25, 0.3) is 0 Å². The van der Waals surface area contributed by atoms with Crippen molar-refractivity contribution in [3.05, 3.63) is 42.6 Å². The molecule has 0 saturated carbocycles. The lowest BCUT2D eigenvalue weighted by molar-refractivity contribution is 0.251. The molecule has 3 N–H and O–H groups in total.